The third-order valence-corrected chi connectivity index (χ3v) is 7.05. The molecule has 2 aliphatic heterocycles. The van der Waals surface area contributed by atoms with Crippen molar-refractivity contribution >= 4 is 16.8 Å². The van der Waals surface area contributed by atoms with Crippen LogP contribution in [0.15, 0.2) is 29.1 Å². The van der Waals surface area contributed by atoms with E-state index in [2.05, 4.69) is 14.9 Å². The normalized spacial score (nSPS) is 21.4. The molecule has 174 valence electrons. The van der Waals surface area contributed by atoms with E-state index in [-0.39, 0.29) is 11.5 Å². The summed E-state index contributed by atoms with van der Waals surface area (Å²) < 4.78 is 5.24. The molecule has 1 aromatic carbocycles. The molecular formula is C25H36N4O3. The van der Waals surface area contributed by atoms with E-state index in [1.165, 1.54) is 45.2 Å². The molecule has 1 amide bonds. The Hall–Kier alpha value is -2.25. The number of rotatable bonds is 9. The smallest absolute Gasteiger partial charge is 0.258 e. The predicted octanol–water partition coefficient (Wildman–Crippen LogP) is 2.99. The first-order chi connectivity index (χ1) is 15.7. The number of benzene rings is 1. The standard InChI is InChI=1S/C25H36N4O3/c1-32-17-7-16-29(18-19-8-6-15-28-14-5-4-11-22(19)28)24(30)13-12-23-26-21-10-3-2-9-20(21)25(31)27-23/h2-3,9-10,19,22H,4-8,11-18H2,1H3,(H,26,27,31)/t19-,22+/m1/s1. The minimum atomic E-state index is -0.144. The zero-order valence-electron chi connectivity index (χ0n) is 19.2. The monoisotopic (exact) mass is 440 g/mol. The molecule has 4 rings (SSSR count). The summed E-state index contributed by atoms with van der Waals surface area (Å²) in [6, 6.07) is 7.94. The van der Waals surface area contributed by atoms with Crippen molar-refractivity contribution in [3.63, 3.8) is 0 Å². The van der Waals surface area contributed by atoms with Crippen LogP contribution in [0.1, 0.15) is 50.8 Å². The van der Waals surface area contributed by atoms with E-state index >= 15 is 0 Å². The van der Waals surface area contributed by atoms with Crippen LogP contribution in [0.25, 0.3) is 10.9 Å². The number of amides is 1. The Labute approximate surface area is 190 Å². The Balaban J connectivity index is 1.41. The van der Waals surface area contributed by atoms with Crippen LogP contribution in [0.4, 0.5) is 0 Å². The highest BCUT2D eigenvalue weighted by Gasteiger charge is 2.34. The van der Waals surface area contributed by atoms with Crippen molar-refractivity contribution in [1.29, 1.82) is 0 Å². The third kappa shape index (κ3) is 5.56. The van der Waals surface area contributed by atoms with Crippen molar-refractivity contribution in [2.45, 2.75) is 57.4 Å². The largest absolute Gasteiger partial charge is 0.385 e. The second-order valence-electron chi connectivity index (χ2n) is 9.22. The summed E-state index contributed by atoms with van der Waals surface area (Å²) >= 11 is 0. The number of aromatic nitrogens is 2. The Morgan fingerprint density at radius 3 is 2.94 bits per heavy atom. The molecule has 7 heteroatoms. The molecule has 0 saturated carbocycles. The lowest BCUT2D eigenvalue weighted by Gasteiger charge is -2.45. The number of piperidine rings is 2. The van der Waals surface area contributed by atoms with Crippen molar-refractivity contribution in [3.8, 4) is 0 Å². The summed E-state index contributed by atoms with van der Waals surface area (Å²) in [4.78, 5) is 37.7. The Kier molecular flexibility index (Phi) is 7.92. The molecule has 1 aromatic heterocycles. The highest BCUT2D eigenvalue weighted by molar-refractivity contribution is 5.78. The summed E-state index contributed by atoms with van der Waals surface area (Å²) in [6.45, 7) is 4.62. The number of methoxy groups -OCH3 is 1. The summed E-state index contributed by atoms with van der Waals surface area (Å²) in [7, 11) is 1.70. The highest BCUT2D eigenvalue weighted by atomic mass is 16.5. The Bertz CT molecular complexity index is 958. The summed E-state index contributed by atoms with van der Waals surface area (Å²) in [6.07, 6.45) is 7.93. The lowest BCUT2D eigenvalue weighted by molar-refractivity contribution is -0.132. The molecule has 1 N–H and O–H groups in total. The van der Waals surface area contributed by atoms with Gasteiger partial charge >= 0.3 is 0 Å². The third-order valence-electron chi connectivity index (χ3n) is 7.05. The molecular weight excluding hydrogens is 404 g/mol. The van der Waals surface area contributed by atoms with Gasteiger partial charge in [0.05, 0.1) is 10.9 Å². The fraction of sp³-hybridized carbons (Fsp3) is 0.640. The zero-order valence-corrected chi connectivity index (χ0v) is 19.2. The van der Waals surface area contributed by atoms with Gasteiger partial charge in [-0.2, -0.15) is 0 Å². The van der Waals surface area contributed by atoms with Crippen LogP contribution in [0.2, 0.25) is 0 Å². The molecule has 2 aromatic rings. The van der Waals surface area contributed by atoms with Crippen LogP contribution in [0, 0.1) is 5.92 Å². The van der Waals surface area contributed by atoms with Crippen molar-refractivity contribution in [2.75, 3.05) is 39.9 Å². The maximum Gasteiger partial charge on any atom is 0.258 e. The van der Waals surface area contributed by atoms with E-state index in [4.69, 9.17) is 4.74 Å². The van der Waals surface area contributed by atoms with Gasteiger partial charge in [-0.3, -0.25) is 9.59 Å². The molecule has 32 heavy (non-hydrogen) atoms. The van der Waals surface area contributed by atoms with Crippen LogP contribution in [0.3, 0.4) is 0 Å². The van der Waals surface area contributed by atoms with Crippen molar-refractivity contribution in [2.24, 2.45) is 5.92 Å². The molecule has 2 saturated heterocycles. The molecule has 0 aliphatic carbocycles. The van der Waals surface area contributed by atoms with Gasteiger partial charge in [-0.05, 0) is 63.2 Å². The van der Waals surface area contributed by atoms with E-state index in [0.717, 1.165) is 19.5 Å². The van der Waals surface area contributed by atoms with Gasteiger partial charge in [0.1, 0.15) is 5.82 Å². The molecule has 3 heterocycles. The van der Waals surface area contributed by atoms with E-state index in [1.54, 1.807) is 13.2 Å². The van der Waals surface area contributed by atoms with Crippen molar-refractivity contribution in [3.05, 3.63) is 40.4 Å². The van der Waals surface area contributed by atoms with Crippen LogP contribution in [0.5, 0.6) is 0 Å². The first kappa shape index (κ1) is 22.9. The van der Waals surface area contributed by atoms with Crippen LogP contribution < -0.4 is 5.56 Å². The lowest BCUT2D eigenvalue weighted by Crippen LogP contribution is -2.51. The fourth-order valence-electron chi connectivity index (χ4n) is 5.43. The quantitative estimate of drug-likeness (QED) is 0.607. The van der Waals surface area contributed by atoms with Gasteiger partial charge in [-0.15, -0.1) is 0 Å². The number of hydrogen-bond acceptors (Lipinski definition) is 5. The van der Waals surface area contributed by atoms with Gasteiger partial charge < -0.3 is 19.5 Å². The minimum absolute atomic E-state index is 0.143. The van der Waals surface area contributed by atoms with Crippen LogP contribution in [-0.2, 0) is 16.0 Å². The summed E-state index contributed by atoms with van der Waals surface area (Å²) in [5.41, 5.74) is 0.532. The number of H-pyrrole nitrogens is 1. The van der Waals surface area contributed by atoms with Gasteiger partial charge in [0.2, 0.25) is 5.91 Å². The molecule has 0 radical (unpaired) electrons. The van der Waals surface area contributed by atoms with Gasteiger partial charge in [0, 0.05) is 45.7 Å². The number of nitrogens with one attached hydrogen (secondary N) is 1. The molecule has 0 spiro atoms. The van der Waals surface area contributed by atoms with Crippen LogP contribution >= 0.6 is 0 Å². The van der Waals surface area contributed by atoms with Gasteiger partial charge in [0.25, 0.3) is 5.56 Å². The lowest BCUT2D eigenvalue weighted by atomic mass is 9.83. The van der Waals surface area contributed by atoms with Crippen molar-refractivity contribution in [1.82, 2.24) is 19.8 Å². The molecule has 2 aliphatic rings. The molecule has 0 unspecified atom stereocenters. The number of hydrogen-bond donors (Lipinski definition) is 1. The van der Waals surface area contributed by atoms with E-state index in [1.807, 2.05) is 23.1 Å². The van der Waals surface area contributed by atoms with E-state index in [9.17, 15) is 9.59 Å². The summed E-state index contributed by atoms with van der Waals surface area (Å²) in [5, 5.41) is 0.582. The van der Waals surface area contributed by atoms with Gasteiger partial charge in [-0.25, -0.2) is 4.98 Å². The number of aryl methyl sites for hydroxylation is 1. The number of carbonyl (C=O) groups excluding carboxylic acids is 1. The maximum absolute atomic E-state index is 13.2. The predicted molar refractivity (Wildman–Crippen MR) is 126 cm³/mol. The summed E-state index contributed by atoms with van der Waals surface area (Å²) in [5.74, 6) is 1.27. The molecule has 2 fully saturated rings. The SMILES string of the molecule is COCCCN(C[C@H]1CCCN2CCCC[C@@H]12)C(=O)CCc1nc2ccccc2c(=O)[nH]1. The number of fused-ring (bicyclic) bond motifs is 2. The molecule has 0 bridgehead atoms. The first-order valence-electron chi connectivity index (χ1n) is 12.1. The second kappa shape index (κ2) is 11.1. The topological polar surface area (TPSA) is 78.5 Å². The second-order valence-corrected chi connectivity index (χ2v) is 9.22. The zero-order chi connectivity index (χ0) is 22.3. The Morgan fingerprint density at radius 2 is 2.06 bits per heavy atom. The Morgan fingerprint density at radius 1 is 1.22 bits per heavy atom. The molecule has 7 nitrogen and oxygen atoms in total. The average Bonchev–Trinajstić information content (AvgIpc) is 2.82. The van der Waals surface area contributed by atoms with Crippen molar-refractivity contribution < 1.29 is 9.53 Å². The van der Waals surface area contributed by atoms with E-state index in [0.29, 0.717) is 48.1 Å². The number of carbonyl (C=O) groups is 1. The minimum Gasteiger partial charge on any atom is -0.385 e. The average molecular weight is 441 g/mol. The molecule has 2 atom stereocenters. The highest BCUT2D eigenvalue weighted by Crippen LogP contribution is 2.31. The van der Waals surface area contributed by atoms with Gasteiger partial charge in [0.15, 0.2) is 0 Å². The number of aromatic amines is 1. The van der Waals surface area contributed by atoms with Gasteiger partial charge in [-0.1, -0.05) is 18.6 Å². The van der Waals surface area contributed by atoms with E-state index < -0.39 is 0 Å². The maximum atomic E-state index is 13.2. The first-order valence-corrected chi connectivity index (χ1v) is 12.1. The number of ether oxygens (including phenoxy) is 1. The number of nitrogens with zero attached hydrogens (tertiary/aromatic N) is 3. The fourth-order valence-corrected chi connectivity index (χ4v) is 5.43. The van der Waals surface area contributed by atoms with Crippen LogP contribution in [-0.4, -0.2) is 71.6 Å². The number of para-hydroxylation sites is 1.